The van der Waals surface area contributed by atoms with Gasteiger partial charge in [-0.15, -0.1) is 0 Å². The van der Waals surface area contributed by atoms with E-state index in [1.807, 2.05) is 5.32 Å². The summed E-state index contributed by atoms with van der Waals surface area (Å²) in [5.74, 6) is -1.96. The van der Waals surface area contributed by atoms with E-state index in [0.29, 0.717) is 11.8 Å². The molecular formula is C14H19F3N2OS. The van der Waals surface area contributed by atoms with Crippen LogP contribution in [-0.4, -0.2) is 30.1 Å². The largest absolute Gasteiger partial charge is 0.471 e. The fraction of sp³-hybridized carbons (Fsp3) is 0.500. The third-order valence-corrected chi connectivity index (χ3v) is 3.94. The summed E-state index contributed by atoms with van der Waals surface area (Å²) in [4.78, 5) is 10.9. The first kappa shape index (κ1) is 17.8. The van der Waals surface area contributed by atoms with Crippen molar-refractivity contribution in [1.82, 2.24) is 5.32 Å². The van der Waals surface area contributed by atoms with Gasteiger partial charge in [0.2, 0.25) is 0 Å². The molecule has 1 aromatic rings. The molecule has 0 fully saturated rings. The maximum atomic E-state index is 12.2. The number of carbonyl (C=O) groups excluding carboxylic acids is 1. The predicted octanol–water partition coefficient (Wildman–Crippen LogP) is 3.42. The van der Waals surface area contributed by atoms with Crippen LogP contribution in [0.1, 0.15) is 18.9 Å². The molecule has 0 saturated carbocycles. The van der Waals surface area contributed by atoms with E-state index in [0.717, 1.165) is 18.5 Å². The normalized spacial score (nSPS) is 13.0. The molecule has 0 spiro atoms. The van der Waals surface area contributed by atoms with Crippen LogP contribution in [0.25, 0.3) is 0 Å². The van der Waals surface area contributed by atoms with E-state index >= 15 is 0 Å². The number of hydrogen-bond donors (Lipinski definition) is 2. The average Bonchev–Trinajstić information content (AvgIpc) is 2.42. The molecule has 21 heavy (non-hydrogen) atoms. The number of anilines is 1. The minimum absolute atomic E-state index is 0.147. The Morgan fingerprint density at radius 1 is 1.38 bits per heavy atom. The molecule has 0 bridgehead atoms. The number of rotatable bonds is 7. The third kappa shape index (κ3) is 6.86. The van der Waals surface area contributed by atoms with Gasteiger partial charge in [0.25, 0.3) is 0 Å². The van der Waals surface area contributed by atoms with Crippen molar-refractivity contribution in [3.63, 3.8) is 0 Å². The number of thioether (sulfide) groups is 1. The molecule has 0 heterocycles. The molecule has 2 N–H and O–H groups in total. The van der Waals surface area contributed by atoms with Crippen molar-refractivity contribution in [2.75, 3.05) is 18.1 Å². The summed E-state index contributed by atoms with van der Waals surface area (Å²) in [7, 11) is 0. The Morgan fingerprint density at radius 3 is 2.71 bits per heavy atom. The first-order valence-electron chi connectivity index (χ1n) is 6.53. The minimum atomic E-state index is -4.87. The first-order valence-corrected chi connectivity index (χ1v) is 7.82. The Hall–Kier alpha value is -1.21. The molecule has 0 aromatic heterocycles. The van der Waals surface area contributed by atoms with Gasteiger partial charge in [-0.05, 0) is 36.9 Å². The van der Waals surface area contributed by atoms with Crippen molar-refractivity contribution in [2.45, 2.75) is 31.3 Å². The van der Waals surface area contributed by atoms with E-state index in [4.69, 9.17) is 0 Å². The van der Waals surface area contributed by atoms with E-state index in [-0.39, 0.29) is 5.69 Å². The Labute approximate surface area is 126 Å². The van der Waals surface area contributed by atoms with Crippen molar-refractivity contribution >= 4 is 23.4 Å². The topological polar surface area (TPSA) is 41.1 Å². The zero-order chi connectivity index (χ0) is 15.9. The minimum Gasteiger partial charge on any atom is -0.318 e. The van der Waals surface area contributed by atoms with Gasteiger partial charge in [-0.25, -0.2) is 0 Å². The molecule has 0 saturated heterocycles. The van der Waals surface area contributed by atoms with Gasteiger partial charge in [-0.3, -0.25) is 4.79 Å². The highest BCUT2D eigenvalue weighted by molar-refractivity contribution is 7.99. The summed E-state index contributed by atoms with van der Waals surface area (Å²) in [5, 5.41) is 5.64. The first-order chi connectivity index (χ1) is 9.82. The zero-order valence-electron chi connectivity index (χ0n) is 12.0. The number of amides is 1. The second-order valence-corrected chi connectivity index (χ2v) is 5.94. The Bertz CT molecular complexity index is 466. The van der Waals surface area contributed by atoms with Crippen molar-refractivity contribution in [1.29, 1.82) is 0 Å². The second-order valence-electron chi connectivity index (χ2n) is 4.66. The van der Waals surface area contributed by atoms with Crippen LogP contribution in [0.4, 0.5) is 18.9 Å². The lowest BCUT2D eigenvalue weighted by molar-refractivity contribution is -0.167. The van der Waals surface area contributed by atoms with E-state index in [9.17, 15) is 18.0 Å². The van der Waals surface area contributed by atoms with Gasteiger partial charge >= 0.3 is 12.1 Å². The molecule has 3 nitrogen and oxygen atoms in total. The van der Waals surface area contributed by atoms with Gasteiger partial charge < -0.3 is 10.6 Å². The Balaban J connectivity index is 2.47. The van der Waals surface area contributed by atoms with Crippen LogP contribution >= 0.6 is 11.8 Å². The summed E-state index contributed by atoms with van der Waals surface area (Å²) in [6, 6.07) is 6.39. The standard InChI is InChI=1S/C14H19F3N2OS/c1-10(21-2)6-7-18-9-11-4-3-5-12(8-11)19-13(20)14(15,16)17/h3-5,8,10,18H,6-7,9H2,1-2H3,(H,19,20). The Kier molecular flexibility index (Phi) is 7.04. The molecular weight excluding hydrogens is 301 g/mol. The van der Waals surface area contributed by atoms with E-state index < -0.39 is 12.1 Å². The van der Waals surface area contributed by atoms with Crippen molar-refractivity contribution in [2.24, 2.45) is 0 Å². The summed E-state index contributed by atoms with van der Waals surface area (Å²) in [5.41, 5.74) is 0.973. The highest BCUT2D eigenvalue weighted by Gasteiger charge is 2.38. The molecule has 0 radical (unpaired) electrons. The van der Waals surface area contributed by atoms with Gasteiger partial charge in [-0.1, -0.05) is 19.1 Å². The summed E-state index contributed by atoms with van der Waals surface area (Å²) in [6.07, 6.45) is -1.80. The molecule has 7 heteroatoms. The fourth-order valence-electron chi connectivity index (χ4n) is 1.62. The molecule has 0 aliphatic rings. The molecule has 1 rings (SSSR count). The number of hydrogen-bond acceptors (Lipinski definition) is 3. The summed E-state index contributed by atoms with van der Waals surface area (Å²) in [6.45, 7) is 3.53. The van der Waals surface area contributed by atoms with Crippen LogP contribution in [-0.2, 0) is 11.3 Å². The highest BCUT2D eigenvalue weighted by atomic mass is 32.2. The monoisotopic (exact) mass is 320 g/mol. The van der Waals surface area contributed by atoms with Crippen molar-refractivity contribution in [3.05, 3.63) is 29.8 Å². The van der Waals surface area contributed by atoms with Crippen LogP contribution in [0.3, 0.4) is 0 Å². The van der Waals surface area contributed by atoms with Gasteiger partial charge in [-0.2, -0.15) is 24.9 Å². The molecule has 0 aliphatic carbocycles. The van der Waals surface area contributed by atoms with Crippen molar-refractivity contribution in [3.8, 4) is 0 Å². The van der Waals surface area contributed by atoms with Gasteiger partial charge in [0.1, 0.15) is 0 Å². The van der Waals surface area contributed by atoms with E-state index in [1.54, 1.807) is 23.9 Å². The molecule has 1 unspecified atom stereocenters. The Morgan fingerprint density at radius 2 is 2.10 bits per heavy atom. The van der Waals surface area contributed by atoms with Gasteiger partial charge in [0, 0.05) is 17.5 Å². The van der Waals surface area contributed by atoms with Crippen molar-refractivity contribution < 1.29 is 18.0 Å². The molecule has 0 aliphatic heterocycles. The van der Waals surface area contributed by atoms with Gasteiger partial charge in [0.05, 0.1) is 0 Å². The molecule has 1 atom stereocenters. The van der Waals surface area contributed by atoms with Gasteiger partial charge in [0.15, 0.2) is 0 Å². The second kappa shape index (κ2) is 8.29. The zero-order valence-corrected chi connectivity index (χ0v) is 12.8. The fourth-order valence-corrected chi connectivity index (χ4v) is 1.97. The maximum Gasteiger partial charge on any atom is 0.471 e. The highest BCUT2D eigenvalue weighted by Crippen LogP contribution is 2.19. The van der Waals surface area contributed by atoms with Crippen LogP contribution in [0.2, 0.25) is 0 Å². The molecule has 1 aromatic carbocycles. The lowest BCUT2D eigenvalue weighted by Gasteiger charge is -2.11. The van der Waals surface area contributed by atoms with E-state index in [1.165, 1.54) is 12.1 Å². The third-order valence-electron chi connectivity index (χ3n) is 2.90. The molecule has 1 amide bonds. The number of alkyl halides is 3. The lowest BCUT2D eigenvalue weighted by atomic mass is 10.2. The SMILES string of the molecule is CSC(C)CCNCc1cccc(NC(=O)C(F)(F)F)c1. The number of benzene rings is 1. The summed E-state index contributed by atoms with van der Waals surface area (Å²) >= 11 is 1.79. The lowest BCUT2D eigenvalue weighted by Crippen LogP contribution is -2.30. The van der Waals surface area contributed by atoms with E-state index in [2.05, 4.69) is 18.5 Å². The van der Waals surface area contributed by atoms with Crippen LogP contribution < -0.4 is 10.6 Å². The smallest absolute Gasteiger partial charge is 0.318 e. The van der Waals surface area contributed by atoms with Crippen LogP contribution in [0.15, 0.2) is 24.3 Å². The number of carbonyl (C=O) groups is 1. The van der Waals surface area contributed by atoms with Crippen LogP contribution in [0, 0.1) is 0 Å². The maximum absolute atomic E-state index is 12.2. The van der Waals surface area contributed by atoms with Crippen LogP contribution in [0.5, 0.6) is 0 Å². The molecule has 118 valence electrons. The average molecular weight is 320 g/mol. The number of halogens is 3. The quantitative estimate of drug-likeness (QED) is 0.757. The summed E-state index contributed by atoms with van der Waals surface area (Å²) < 4.78 is 36.5. The predicted molar refractivity (Wildman–Crippen MR) is 80.4 cm³/mol. The number of nitrogens with one attached hydrogen (secondary N) is 2.